The van der Waals surface area contributed by atoms with E-state index in [0.29, 0.717) is 6.54 Å². The number of nitro groups is 1. The van der Waals surface area contributed by atoms with Crippen molar-refractivity contribution in [3.8, 4) is 0 Å². The third kappa shape index (κ3) is 3.23. The SMILES string of the molecule is CCC(Cl)CNC(=O)c1ccc([N+](=O)[O-])[nH]1. The molecule has 1 atom stereocenters. The number of aromatic nitrogens is 1. The van der Waals surface area contributed by atoms with Crippen molar-refractivity contribution in [3.05, 3.63) is 27.9 Å². The molecule has 0 saturated carbocycles. The summed E-state index contributed by atoms with van der Waals surface area (Å²) < 4.78 is 0. The van der Waals surface area contributed by atoms with Crippen LogP contribution >= 0.6 is 11.6 Å². The fourth-order valence-electron chi connectivity index (χ4n) is 1.07. The zero-order valence-electron chi connectivity index (χ0n) is 8.70. The highest BCUT2D eigenvalue weighted by Crippen LogP contribution is 2.09. The van der Waals surface area contributed by atoms with E-state index in [4.69, 9.17) is 11.6 Å². The lowest BCUT2D eigenvalue weighted by Crippen LogP contribution is -2.29. The van der Waals surface area contributed by atoms with E-state index in [0.717, 1.165) is 6.42 Å². The molecule has 2 N–H and O–H groups in total. The Morgan fingerprint density at radius 3 is 2.88 bits per heavy atom. The Kier molecular flexibility index (Phi) is 4.30. The van der Waals surface area contributed by atoms with Crippen LogP contribution in [0.1, 0.15) is 23.8 Å². The van der Waals surface area contributed by atoms with Gasteiger partial charge >= 0.3 is 5.82 Å². The van der Waals surface area contributed by atoms with Gasteiger partial charge in [0.05, 0.1) is 5.38 Å². The average Bonchev–Trinajstić information content (AvgIpc) is 2.74. The van der Waals surface area contributed by atoms with Gasteiger partial charge in [0.2, 0.25) is 0 Å². The first-order valence-corrected chi connectivity index (χ1v) is 5.24. The highest BCUT2D eigenvalue weighted by molar-refractivity contribution is 6.20. The third-order valence-corrected chi connectivity index (χ3v) is 2.50. The van der Waals surface area contributed by atoms with Crippen LogP contribution in [-0.2, 0) is 0 Å². The van der Waals surface area contributed by atoms with Gasteiger partial charge in [-0.25, -0.2) is 4.98 Å². The van der Waals surface area contributed by atoms with Crippen molar-refractivity contribution in [2.24, 2.45) is 0 Å². The summed E-state index contributed by atoms with van der Waals surface area (Å²) in [4.78, 5) is 23.7. The summed E-state index contributed by atoms with van der Waals surface area (Å²) in [6.45, 7) is 2.24. The van der Waals surface area contributed by atoms with Crippen molar-refractivity contribution in [1.29, 1.82) is 0 Å². The Bertz CT molecular complexity index is 391. The molecule has 1 rings (SSSR count). The summed E-state index contributed by atoms with van der Waals surface area (Å²) >= 11 is 5.82. The van der Waals surface area contributed by atoms with Crippen molar-refractivity contribution in [1.82, 2.24) is 10.3 Å². The van der Waals surface area contributed by atoms with Gasteiger partial charge in [-0.05, 0) is 17.4 Å². The zero-order valence-corrected chi connectivity index (χ0v) is 9.45. The lowest BCUT2D eigenvalue weighted by molar-refractivity contribution is -0.389. The van der Waals surface area contributed by atoms with Gasteiger partial charge in [0.15, 0.2) is 5.69 Å². The smallest absolute Gasteiger partial charge is 0.321 e. The maximum atomic E-state index is 11.5. The van der Waals surface area contributed by atoms with Crippen molar-refractivity contribution in [2.75, 3.05) is 6.54 Å². The number of halogens is 1. The molecule has 16 heavy (non-hydrogen) atoms. The van der Waals surface area contributed by atoms with Gasteiger partial charge < -0.3 is 15.4 Å². The standard InChI is InChI=1S/C9H12ClN3O3/c1-2-6(10)5-11-9(14)7-3-4-8(12-7)13(15)16/h3-4,6,12H,2,5H2,1H3,(H,11,14). The van der Waals surface area contributed by atoms with Crippen molar-refractivity contribution in [2.45, 2.75) is 18.7 Å². The van der Waals surface area contributed by atoms with E-state index < -0.39 is 10.8 Å². The second-order valence-electron chi connectivity index (χ2n) is 3.23. The quantitative estimate of drug-likeness (QED) is 0.470. The first kappa shape index (κ1) is 12.5. The Hall–Kier alpha value is -1.56. The largest absolute Gasteiger partial charge is 0.358 e. The number of nitrogens with one attached hydrogen (secondary N) is 2. The molecule has 0 saturated heterocycles. The number of rotatable bonds is 5. The van der Waals surface area contributed by atoms with Crippen LogP contribution in [0, 0.1) is 10.1 Å². The van der Waals surface area contributed by atoms with E-state index in [1.807, 2.05) is 6.92 Å². The molecule has 0 aliphatic heterocycles. The van der Waals surface area contributed by atoms with Crippen molar-refractivity contribution in [3.63, 3.8) is 0 Å². The molecule has 1 heterocycles. The molecule has 0 aromatic carbocycles. The van der Waals surface area contributed by atoms with Crippen LogP contribution in [-0.4, -0.2) is 27.7 Å². The minimum absolute atomic E-state index is 0.131. The Balaban J connectivity index is 2.56. The van der Waals surface area contributed by atoms with Crippen LogP contribution in [0.25, 0.3) is 0 Å². The van der Waals surface area contributed by atoms with Gasteiger partial charge in [0.25, 0.3) is 5.91 Å². The summed E-state index contributed by atoms with van der Waals surface area (Å²) in [6.07, 6.45) is 0.743. The topological polar surface area (TPSA) is 88.0 Å². The molecule has 0 radical (unpaired) electrons. The first-order valence-electron chi connectivity index (χ1n) is 4.80. The van der Waals surface area contributed by atoms with E-state index in [9.17, 15) is 14.9 Å². The molecular weight excluding hydrogens is 234 g/mol. The summed E-state index contributed by atoms with van der Waals surface area (Å²) in [5, 5.41) is 12.8. The number of hydrogen-bond donors (Lipinski definition) is 2. The van der Waals surface area contributed by atoms with E-state index in [1.54, 1.807) is 0 Å². The van der Waals surface area contributed by atoms with E-state index in [-0.39, 0.29) is 16.9 Å². The molecule has 0 aliphatic rings. The minimum atomic E-state index is -0.590. The predicted octanol–water partition coefficient (Wildman–Crippen LogP) is 1.67. The summed E-state index contributed by atoms with van der Waals surface area (Å²) in [5.74, 6) is -0.602. The Morgan fingerprint density at radius 1 is 1.69 bits per heavy atom. The fraction of sp³-hybridized carbons (Fsp3) is 0.444. The molecule has 0 aliphatic carbocycles. The van der Waals surface area contributed by atoms with E-state index >= 15 is 0 Å². The van der Waals surface area contributed by atoms with Gasteiger partial charge in [-0.3, -0.25) is 4.79 Å². The molecule has 1 amide bonds. The summed E-state index contributed by atoms with van der Waals surface area (Å²) in [6, 6.07) is 2.61. The minimum Gasteiger partial charge on any atom is -0.358 e. The Labute approximate surface area is 97.1 Å². The number of carbonyl (C=O) groups is 1. The second kappa shape index (κ2) is 5.50. The normalized spacial score (nSPS) is 12.1. The molecule has 0 fully saturated rings. The van der Waals surface area contributed by atoms with Crippen LogP contribution in [0.2, 0.25) is 0 Å². The number of aromatic amines is 1. The lowest BCUT2D eigenvalue weighted by atomic mass is 10.3. The maximum absolute atomic E-state index is 11.5. The van der Waals surface area contributed by atoms with E-state index in [2.05, 4.69) is 10.3 Å². The fourth-order valence-corrected chi connectivity index (χ4v) is 1.14. The highest BCUT2D eigenvalue weighted by atomic mass is 35.5. The van der Waals surface area contributed by atoms with Gasteiger partial charge in [0, 0.05) is 12.6 Å². The van der Waals surface area contributed by atoms with Crippen molar-refractivity contribution < 1.29 is 9.72 Å². The van der Waals surface area contributed by atoms with Crippen LogP contribution in [0.3, 0.4) is 0 Å². The highest BCUT2D eigenvalue weighted by Gasteiger charge is 2.15. The van der Waals surface area contributed by atoms with Crippen LogP contribution in [0.15, 0.2) is 12.1 Å². The second-order valence-corrected chi connectivity index (χ2v) is 3.85. The van der Waals surface area contributed by atoms with Crippen LogP contribution in [0.5, 0.6) is 0 Å². The van der Waals surface area contributed by atoms with Gasteiger partial charge in [-0.2, -0.15) is 0 Å². The first-order chi connectivity index (χ1) is 7.54. The molecule has 1 aromatic rings. The van der Waals surface area contributed by atoms with Gasteiger partial charge in [-0.15, -0.1) is 11.6 Å². The molecular formula is C9H12ClN3O3. The number of alkyl halides is 1. The molecule has 7 heteroatoms. The van der Waals surface area contributed by atoms with E-state index in [1.165, 1.54) is 12.1 Å². The number of carbonyl (C=O) groups excluding carboxylic acids is 1. The molecule has 88 valence electrons. The monoisotopic (exact) mass is 245 g/mol. The van der Waals surface area contributed by atoms with Crippen molar-refractivity contribution >= 4 is 23.3 Å². The summed E-state index contributed by atoms with van der Waals surface area (Å²) in [5.41, 5.74) is 0.159. The number of H-pyrrole nitrogens is 1. The molecule has 1 unspecified atom stereocenters. The lowest BCUT2D eigenvalue weighted by Gasteiger charge is -2.06. The Morgan fingerprint density at radius 2 is 2.38 bits per heavy atom. The number of hydrogen-bond acceptors (Lipinski definition) is 3. The molecule has 6 nitrogen and oxygen atoms in total. The average molecular weight is 246 g/mol. The van der Waals surface area contributed by atoms with Crippen LogP contribution in [0.4, 0.5) is 5.82 Å². The van der Waals surface area contributed by atoms with Gasteiger partial charge in [0.1, 0.15) is 0 Å². The molecule has 1 aromatic heterocycles. The van der Waals surface area contributed by atoms with Crippen LogP contribution < -0.4 is 5.32 Å². The number of amides is 1. The maximum Gasteiger partial charge on any atom is 0.321 e. The molecule has 0 spiro atoms. The number of nitrogens with zero attached hydrogens (tertiary/aromatic N) is 1. The van der Waals surface area contributed by atoms with Gasteiger partial charge in [-0.1, -0.05) is 6.92 Å². The third-order valence-electron chi connectivity index (χ3n) is 2.04. The predicted molar refractivity (Wildman–Crippen MR) is 59.7 cm³/mol. The zero-order chi connectivity index (χ0) is 12.1. The molecule has 0 bridgehead atoms. The summed E-state index contributed by atoms with van der Waals surface area (Å²) in [7, 11) is 0.